The number of nitrogens with one attached hydrogen (secondary N) is 1. The van der Waals surface area contributed by atoms with Gasteiger partial charge in [-0.3, -0.25) is 4.79 Å². The third-order valence-electron chi connectivity index (χ3n) is 2.18. The number of carboxylic acid groups (broad SMARTS) is 1. The SMILES string of the molecule is CC(C)(C)N(CC(=O)O)S(=O)(=O)c1cc[nH]c1. The lowest BCUT2D eigenvalue weighted by Gasteiger charge is -2.32. The van der Waals surface area contributed by atoms with Crippen LogP contribution < -0.4 is 0 Å². The van der Waals surface area contributed by atoms with Crippen molar-refractivity contribution in [1.29, 1.82) is 0 Å². The number of carboxylic acids is 1. The Morgan fingerprint density at radius 1 is 1.47 bits per heavy atom. The Hall–Kier alpha value is -1.34. The number of H-pyrrole nitrogens is 1. The summed E-state index contributed by atoms with van der Waals surface area (Å²) in [5, 5.41) is 8.79. The Kier molecular flexibility index (Phi) is 3.63. The van der Waals surface area contributed by atoms with E-state index in [1.807, 2.05) is 0 Å². The average Bonchev–Trinajstić information content (AvgIpc) is 2.64. The molecule has 1 aromatic heterocycles. The molecule has 0 bridgehead atoms. The monoisotopic (exact) mass is 260 g/mol. The van der Waals surface area contributed by atoms with Crippen LogP contribution in [-0.4, -0.2) is 40.9 Å². The van der Waals surface area contributed by atoms with E-state index in [-0.39, 0.29) is 4.90 Å². The van der Waals surface area contributed by atoms with E-state index >= 15 is 0 Å². The third kappa shape index (κ3) is 3.07. The van der Waals surface area contributed by atoms with Gasteiger partial charge in [-0.25, -0.2) is 8.42 Å². The van der Waals surface area contributed by atoms with Gasteiger partial charge in [0.1, 0.15) is 6.54 Å². The highest BCUT2D eigenvalue weighted by Crippen LogP contribution is 2.23. The first-order valence-corrected chi connectivity index (χ1v) is 6.47. The van der Waals surface area contributed by atoms with Gasteiger partial charge in [-0.05, 0) is 26.8 Å². The second kappa shape index (κ2) is 4.50. The van der Waals surface area contributed by atoms with E-state index in [4.69, 9.17) is 5.11 Å². The topological polar surface area (TPSA) is 90.5 Å². The molecule has 0 aromatic carbocycles. The van der Waals surface area contributed by atoms with Crippen LogP contribution in [0.3, 0.4) is 0 Å². The highest BCUT2D eigenvalue weighted by Gasteiger charge is 2.35. The van der Waals surface area contributed by atoms with Crippen molar-refractivity contribution in [3.63, 3.8) is 0 Å². The number of sulfonamides is 1. The Morgan fingerprint density at radius 2 is 2.06 bits per heavy atom. The molecule has 0 aliphatic carbocycles. The second-order valence-electron chi connectivity index (χ2n) is 4.62. The van der Waals surface area contributed by atoms with Crippen LogP contribution in [0.1, 0.15) is 20.8 Å². The molecule has 0 atom stereocenters. The van der Waals surface area contributed by atoms with Gasteiger partial charge in [0.2, 0.25) is 10.0 Å². The first-order chi connectivity index (χ1) is 7.65. The molecular formula is C10H16N2O4S. The summed E-state index contributed by atoms with van der Waals surface area (Å²) in [6, 6.07) is 1.40. The first kappa shape index (κ1) is 13.7. The molecule has 0 aliphatic heterocycles. The Balaban J connectivity index is 3.20. The van der Waals surface area contributed by atoms with Crippen LogP contribution >= 0.6 is 0 Å². The summed E-state index contributed by atoms with van der Waals surface area (Å²) in [6.07, 6.45) is 2.81. The molecule has 1 rings (SSSR count). The molecule has 1 aromatic rings. The summed E-state index contributed by atoms with van der Waals surface area (Å²) in [5.74, 6) is -1.18. The van der Waals surface area contributed by atoms with Gasteiger partial charge in [0, 0.05) is 17.9 Å². The summed E-state index contributed by atoms with van der Waals surface area (Å²) >= 11 is 0. The summed E-state index contributed by atoms with van der Waals surface area (Å²) in [5.41, 5.74) is -0.797. The van der Waals surface area contributed by atoms with Gasteiger partial charge >= 0.3 is 5.97 Å². The van der Waals surface area contributed by atoms with E-state index in [1.165, 1.54) is 18.5 Å². The third-order valence-corrected chi connectivity index (χ3v) is 4.29. The minimum atomic E-state index is -3.79. The zero-order valence-corrected chi connectivity index (χ0v) is 10.8. The number of aliphatic carboxylic acids is 1. The van der Waals surface area contributed by atoms with E-state index in [1.54, 1.807) is 20.8 Å². The molecule has 7 heteroatoms. The molecule has 0 radical (unpaired) electrons. The van der Waals surface area contributed by atoms with Crippen molar-refractivity contribution >= 4 is 16.0 Å². The Morgan fingerprint density at radius 3 is 2.41 bits per heavy atom. The zero-order valence-electron chi connectivity index (χ0n) is 9.97. The molecule has 17 heavy (non-hydrogen) atoms. The largest absolute Gasteiger partial charge is 0.480 e. The van der Waals surface area contributed by atoms with Gasteiger partial charge in [0.15, 0.2) is 0 Å². The lowest BCUT2D eigenvalue weighted by atomic mass is 10.1. The maximum absolute atomic E-state index is 12.2. The molecule has 0 saturated carbocycles. The first-order valence-electron chi connectivity index (χ1n) is 5.03. The molecule has 0 amide bonds. The maximum Gasteiger partial charge on any atom is 0.318 e. The van der Waals surface area contributed by atoms with Gasteiger partial charge in [0.25, 0.3) is 0 Å². The highest BCUT2D eigenvalue weighted by molar-refractivity contribution is 7.89. The van der Waals surface area contributed by atoms with Gasteiger partial charge in [0.05, 0.1) is 4.90 Å². The fraction of sp³-hybridized carbons (Fsp3) is 0.500. The van der Waals surface area contributed by atoms with Gasteiger partial charge < -0.3 is 10.1 Å². The van der Waals surface area contributed by atoms with Gasteiger partial charge in [-0.1, -0.05) is 0 Å². The fourth-order valence-corrected chi connectivity index (χ4v) is 3.11. The number of rotatable bonds is 4. The van der Waals surface area contributed by atoms with Crippen molar-refractivity contribution in [2.24, 2.45) is 0 Å². The van der Waals surface area contributed by atoms with Crippen molar-refractivity contribution in [2.45, 2.75) is 31.2 Å². The van der Waals surface area contributed by atoms with E-state index in [0.29, 0.717) is 0 Å². The van der Waals surface area contributed by atoms with Crippen LogP contribution in [-0.2, 0) is 14.8 Å². The van der Waals surface area contributed by atoms with Crippen LogP contribution in [0.4, 0.5) is 0 Å². The second-order valence-corrected chi connectivity index (χ2v) is 6.49. The smallest absolute Gasteiger partial charge is 0.318 e. The Labute approximate surface area is 100 Å². The molecule has 0 fully saturated rings. The van der Waals surface area contributed by atoms with Gasteiger partial charge in [-0.2, -0.15) is 4.31 Å². The standard InChI is InChI=1S/C10H16N2O4S/c1-10(2,3)12(7-9(13)14)17(15,16)8-4-5-11-6-8/h4-6,11H,7H2,1-3H3,(H,13,14). The molecular weight excluding hydrogens is 244 g/mol. The van der Waals surface area contributed by atoms with Crippen LogP contribution in [0.15, 0.2) is 23.4 Å². The maximum atomic E-state index is 12.2. The van der Waals surface area contributed by atoms with Crippen LogP contribution in [0.5, 0.6) is 0 Å². The zero-order chi connectivity index (χ0) is 13.3. The van der Waals surface area contributed by atoms with Gasteiger partial charge in [-0.15, -0.1) is 0 Å². The van der Waals surface area contributed by atoms with Crippen molar-refractivity contribution in [1.82, 2.24) is 9.29 Å². The van der Waals surface area contributed by atoms with Crippen LogP contribution in [0, 0.1) is 0 Å². The number of hydrogen-bond acceptors (Lipinski definition) is 3. The molecule has 0 saturated heterocycles. The number of aromatic amines is 1. The van der Waals surface area contributed by atoms with E-state index in [2.05, 4.69) is 4.98 Å². The number of aromatic nitrogens is 1. The fourth-order valence-electron chi connectivity index (χ4n) is 1.40. The lowest BCUT2D eigenvalue weighted by Crippen LogP contribution is -2.47. The minimum Gasteiger partial charge on any atom is -0.480 e. The number of nitrogens with zero attached hydrogens (tertiary/aromatic N) is 1. The summed E-state index contributed by atoms with van der Waals surface area (Å²) in [4.78, 5) is 13.5. The van der Waals surface area contributed by atoms with Crippen molar-refractivity contribution < 1.29 is 18.3 Å². The van der Waals surface area contributed by atoms with E-state index < -0.39 is 28.1 Å². The molecule has 0 spiro atoms. The molecule has 1 heterocycles. The van der Waals surface area contributed by atoms with E-state index in [9.17, 15) is 13.2 Å². The van der Waals surface area contributed by atoms with Crippen molar-refractivity contribution in [3.05, 3.63) is 18.5 Å². The normalized spacial score (nSPS) is 12.9. The summed E-state index contributed by atoms with van der Waals surface area (Å²) < 4.78 is 25.4. The van der Waals surface area contributed by atoms with Crippen LogP contribution in [0.2, 0.25) is 0 Å². The average molecular weight is 260 g/mol. The quantitative estimate of drug-likeness (QED) is 0.841. The predicted molar refractivity (Wildman–Crippen MR) is 62.1 cm³/mol. The van der Waals surface area contributed by atoms with Crippen molar-refractivity contribution in [3.8, 4) is 0 Å². The Bertz CT molecular complexity index is 485. The van der Waals surface area contributed by atoms with E-state index in [0.717, 1.165) is 4.31 Å². The van der Waals surface area contributed by atoms with Crippen molar-refractivity contribution in [2.75, 3.05) is 6.54 Å². The molecule has 0 unspecified atom stereocenters. The number of carbonyl (C=O) groups is 1. The minimum absolute atomic E-state index is 0.0636. The molecule has 6 nitrogen and oxygen atoms in total. The number of hydrogen-bond donors (Lipinski definition) is 2. The summed E-state index contributed by atoms with van der Waals surface area (Å²) in [6.45, 7) is 4.40. The predicted octanol–water partition coefficient (Wildman–Crippen LogP) is 0.888. The lowest BCUT2D eigenvalue weighted by molar-refractivity contribution is -0.138. The molecule has 96 valence electrons. The highest BCUT2D eigenvalue weighted by atomic mass is 32.2. The molecule has 0 aliphatic rings. The molecule has 2 N–H and O–H groups in total. The van der Waals surface area contributed by atoms with Crippen LogP contribution in [0.25, 0.3) is 0 Å². The summed E-state index contributed by atoms with van der Waals surface area (Å²) in [7, 11) is -3.79.